The number of carboxylic acid groups (broad SMARTS) is 1. The molecule has 19 heavy (non-hydrogen) atoms. The van der Waals surface area contributed by atoms with Gasteiger partial charge in [0.15, 0.2) is 0 Å². The van der Waals surface area contributed by atoms with E-state index in [2.05, 4.69) is 5.32 Å². The van der Waals surface area contributed by atoms with Crippen molar-refractivity contribution in [1.29, 1.82) is 0 Å². The van der Waals surface area contributed by atoms with Crippen LogP contribution >= 0.6 is 0 Å². The minimum atomic E-state index is -0.935. The van der Waals surface area contributed by atoms with Gasteiger partial charge in [0, 0.05) is 6.54 Å². The smallest absolute Gasteiger partial charge is 0.326 e. The van der Waals surface area contributed by atoms with Crippen molar-refractivity contribution in [2.24, 2.45) is 17.1 Å². The van der Waals surface area contributed by atoms with Gasteiger partial charge < -0.3 is 16.2 Å². The van der Waals surface area contributed by atoms with Crippen molar-refractivity contribution in [3.63, 3.8) is 0 Å². The molecule has 0 aromatic carbocycles. The quantitative estimate of drug-likeness (QED) is 0.682. The van der Waals surface area contributed by atoms with Crippen molar-refractivity contribution in [2.45, 2.75) is 58.4 Å². The van der Waals surface area contributed by atoms with Crippen LogP contribution in [0.1, 0.15) is 52.4 Å². The van der Waals surface area contributed by atoms with E-state index in [1.165, 1.54) is 0 Å². The van der Waals surface area contributed by atoms with Gasteiger partial charge >= 0.3 is 5.97 Å². The second-order valence-electron chi connectivity index (χ2n) is 5.81. The van der Waals surface area contributed by atoms with Gasteiger partial charge in [0.25, 0.3) is 0 Å². The third kappa shape index (κ3) is 3.93. The summed E-state index contributed by atoms with van der Waals surface area (Å²) < 4.78 is 0. The van der Waals surface area contributed by atoms with Gasteiger partial charge in [-0.2, -0.15) is 0 Å². The monoisotopic (exact) mass is 270 g/mol. The molecule has 0 bridgehead atoms. The number of amides is 1. The predicted octanol–water partition coefficient (Wildman–Crippen LogP) is 1.51. The summed E-state index contributed by atoms with van der Waals surface area (Å²) in [7, 11) is 0. The lowest BCUT2D eigenvalue weighted by Gasteiger charge is -2.32. The number of hydrogen-bond donors (Lipinski definition) is 3. The average molecular weight is 270 g/mol. The Bertz CT molecular complexity index is 321. The Hall–Kier alpha value is -1.10. The summed E-state index contributed by atoms with van der Waals surface area (Å²) in [6, 6.07) is -0.773. The molecular formula is C14H26N2O3. The van der Waals surface area contributed by atoms with Crippen LogP contribution in [0.2, 0.25) is 0 Å². The van der Waals surface area contributed by atoms with Crippen LogP contribution in [0.4, 0.5) is 0 Å². The van der Waals surface area contributed by atoms with E-state index in [0.717, 1.165) is 32.1 Å². The maximum Gasteiger partial charge on any atom is 0.326 e. The van der Waals surface area contributed by atoms with E-state index in [9.17, 15) is 14.7 Å². The Morgan fingerprint density at radius 1 is 1.37 bits per heavy atom. The molecule has 0 heterocycles. The fourth-order valence-electron chi connectivity index (χ4n) is 2.56. The lowest BCUT2D eigenvalue weighted by molar-refractivity contribution is -0.145. The first kappa shape index (κ1) is 16.0. The SMILES string of the molecule is CCC(C)(CN)C(=O)NC(C(=O)O)C1CCCCC1. The van der Waals surface area contributed by atoms with Crippen LogP contribution in [0.15, 0.2) is 0 Å². The fraction of sp³-hybridized carbons (Fsp3) is 0.857. The lowest BCUT2D eigenvalue weighted by atomic mass is 9.82. The molecule has 1 amide bonds. The second-order valence-corrected chi connectivity index (χ2v) is 5.81. The maximum atomic E-state index is 12.2. The third-order valence-corrected chi connectivity index (χ3v) is 4.45. The number of carbonyl (C=O) groups is 2. The zero-order valence-electron chi connectivity index (χ0n) is 11.9. The minimum Gasteiger partial charge on any atom is -0.480 e. The van der Waals surface area contributed by atoms with Crippen LogP contribution in [-0.2, 0) is 9.59 Å². The van der Waals surface area contributed by atoms with E-state index in [0.29, 0.717) is 6.42 Å². The molecule has 2 unspecified atom stereocenters. The number of carbonyl (C=O) groups excluding carboxylic acids is 1. The lowest BCUT2D eigenvalue weighted by Crippen LogP contribution is -2.52. The topological polar surface area (TPSA) is 92.4 Å². The highest BCUT2D eigenvalue weighted by atomic mass is 16.4. The Kier molecular flexibility index (Phi) is 5.79. The Balaban J connectivity index is 2.73. The molecule has 5 nitrogen and oxygen atoms in total. The van der Waals surface area contributed by atoms with E-state index in [-0.39, 0.29) is 18.4 Å². The van der Waals surface area contributed by atoms with E-state index >= 15 is 0 Å². The van der Waals surface area contributed by atoms with Gasteiger partial charge in [-0.3, -0.25) is 4.79 Å². The summed E-state index contributed by atoms with van der Waals surface area (Å²) in [4.78, 5) is 23.6. The molecule has 2 atom stereocenters. The Morgan fingerprint density at radius 3 is 2.37 bits per heavy atom. The zero-order chi connectivity index (χ0) is 14.5. The number of hydrogen-bond acceptors (Lipinski definition) is 3. The molecule has 0 radical (unpaired) electrons. The van der Waals surface area contributed by atoms with E-state index in [1.54, 1.807) is 6.92 Å². The molecule has 0 aliphatic heterocycles. The number of nitrogens with one attached hydrogen (secondary N) is 1. The molecule has 0 saturated heterocycles. The normalized spacial score (nSPS) is 21.4. The van der Waals surface area contributed by atoms with Crippen molar-refractivity contribution in [2.75, 3.05) is 6.54 Å². The van der Waals surface area contributed by atoms with Crippen LogP contribution in [0.3, 0.4) is 0 Å². The van der Waals surface area contributed by atoms with Crippen LogP contribution in [0.25, 0.3) is 0 Å². The van der Waals surface area contributed by atoms with Gasteiger partial charge in [-0.25, -0.2) is 4.79 Å². The molecule has 0 aromatic rings. The average Bonchev–Trinajstić information content (AvgIpc) is 2.44. The molecule has 1 fully saturated rings. The highest BCUT2D eigenvalue weighted by molar-refractivity contribution is 5.87. The summed E-state index contributed by atoms with van der Waals surface area (Å²) in [5, 5.41) is 12.0. The summed E-state index contributed by atoms with van der Waals surface area (Å²) in [5.74, 6) is -1.12. The highest BCUT2D eigenvalue weighted by Crippen LogP contribution is 2.28. The molecule has 5 heteroatoms. The third-order valence-electron chi connectivity index (χ3n) is 4.45. The predicted molar refractivity (Wildman–Crippen MR) is 73.6 cm³/mol. The van der Waals surface area contributed by atoms with Crippen LogP contribution < -0.4 is 11.1 Å². The molecule has 1 rings (SSSR count). The van der Waals surface area contributed by atoms with Crippen LogP contribution in [0.5, 0.6) is 0 Å². The van der Waals surface area contributed by atoms with Crippen molar-refractivity contribution < 1.29 is 14.7 Å². The van der Waals surface area contributed by atoms with Crippen molar-refractivity contribution >= 4 is 11.9 Å². The number of nitrogens with two attached hydrogens (primary N) is 1. The van der Waals surface area contributed by atoms with Gasteiger partial charge in [0.05, 0.1) is 5.41 Å². The second kappa shape index (κ2) is 6.89. The summed E-state index contributed by atoms with van der Waals surface area (Å²) >= 11 is 0. The Morgan fingerprint density at radius 2 is 1.95 bits per heavy atom. The van der Waals surface area contributed by atoms with E-state index in [1.807, 2.05) is 6.92 Å². The number of aliphatic carboxylic acids is 1. The van der Waals surface area contributed by atoms with Crippen molar-refractivity contribution in [3.8, 4) is 0 Å². The largest absolute Gasteiger partial charge is 0.480 e. The first-order valence-corrected chi connectivity index (χ1v) is 7.18. The van der Waals surface area contributed by atoms with Gasteiger partial charge in [-0.1, -0.05) is 26.2 Å². The first-order chi connectivity index (χ1) is 8.94. The van der Waals surface area contributed by atoms with Crippen LogP contribution in [-0.4, -0.2) is 29.6 Å². The molecule has 0 spiro atoms. The van der Waals surface area contributed by atoms with Crippen molar-refractivity contribution in [3.05, 3.63) is 0 Å². The molecular weight excluding hydrogens is 244 g/mol. The van der Waals surface area contributed by atoms with Crippen molar-refractivity contribution in [1.82, 2.24) is 5.32 Å². The summed E-state index contributed by atoms with van der Waals surface area (Å²) in [5.41, 5.74) is 4.96. The van der Waals surface area contributed by atoms with Crippen LogP contribution in [0, 0.1) is 11.3 Å². The first-order valence-electron chi connectivity index (χ1n) is 7.18. The fourth-order valence-corrected chi connectivity index (χ4v) is 2.56. The summed E-state index contributed by atoms with van der Waals surface area (Å²) in [6.07, 6.45) is 5.61. The van der Waals surface area contributed by atoms with E-state index in [4.69, 9.17) is 5.73 Å². The molecule has 1 aliphatic carbocycles. The van der Waals surface area contributed by atoms with E-state index < -0.39 is 17.4 Å². The maximum absolute atomic E-state index is 12.2. The number of carboxylic acids is 1. The van der Waals surface area contributed by atoms with Gasteiger partial charge in [-0.15, -0.1) is 0 Å². The zero-order valence-corrected chi connectivity index (χ0v) is 11.9. The van der Waals surface area contributed by atoms with Gasteiger partial charge in [0.2, 0.25) is 5.91 Å². The van der Waals surface area contributed by atoms with Gasteiger partial charge in [-0.05, 0) is 32.1 Å². The highest BCUT2D eigenvalue weighted by Gasteiger charge is 2.36. The molecule has 0 aromatic heterocycles. The number of rotatable bonds is 6. The van der Waals surface area contributed by atoms with Gasteiger partial charge in [0.1, 0.15) is 6.04 Å². The molecule has 110 valence electrons. The molecule has 4 N–H and O–H groups in total. The Labute approximate surface area is 114 Å². The molecule has 1 aliphatic rings. The standard InChI is InChI=1S/C14H26N2O3/c1-3-14(2,9-15)13(19)16-11(12(17)18)10-7-5-4-6-8-10/h10-11H,3-9,15H2,1-2H3,(H,16,19)(H,17,18). The molecule has 1 saturated carbocycles. The summed E-state index contributed by atoms with van der Waals surface area (Å²) in [6.45, 7) is 3.90. The minimum absolute atomic E-state index is 0.0501.